The first kappa shape index (κ1) is 10.7. The molecule has 35 heavy (non-hydrogen) atoms. The zero-order chi connectivity index (χ0) is 43.1. The number of hydrogen-bond donors (Lipinski definition) is 4. The van der Waals surface area contributed by atoms with E-state index in [1.807, 2.05) is 24.3 Å². The van der Waals surface area contributed by atoms with E-state index in [1.54, 1.807) is 24.3 Å². The highest BCUT2D eigenvalue weighted by atomic mass is 16.5. The van der Waals surface area contributed by atoms with Crippen molar-refractivity contribution in [2.45, 2.75) is 58.2 Å². The van der Waals surface area contributed by atoms with Crippen molar-refractivity contribution < 1.29 is 56.9 Å². The van der Waals surface area contributed by atoms with Gasteiger partial charge in [0.05, 0.1) is 2.74 Å². The Morgan fingerprint density at radius 1 is 1.09 bits per heavy atom. The predicted molar refractivity (Wildman–Crippen MR) is 134 cm³/mol. The largest absolute Gasteiger partial charge is 0.480 e. The second kappa shape index (κ2) is 12.9. The summed E-state index contributed by atoms with van der Waals surface area (Å²) in [7, 11) is 0. The minimum absolute atomic E-state index is 0.411. The van der Waals surface area contributed by atoms with Crippen LogP contribution in [-0.2, 0) is 14.3 Å². The molecular weight excluding hydrogens is 448 g/mol. The monoisotopic (exact) mass is 504 g/mol. The summed E-state index contributed by atoms with van der Waals surface area (Å²) in [5.41, 5.74) is 2.50. The van der Waals surface area contributed by atoms with Gasteiger partial charge in [-0.1, -0.05) is 76.0 Å². The molecule has 190 valence electrons. The van der Waals surface area contributed by atoms with E-state index in [1.165, 1.54) is 0 Å². The van der Waals surface area contributed by atoms with Crippen molar-refractivity contribution in [2.24, 2.45) is 17.5 Å². The summed E-state index contributed by atoms with van der Waals surface area (Å²) in [5.74, 6) is -12.4. The molecule has 5 N–H and O–H groups in total. The van der Waals surface area contributed by atoms with Crippen LogP contribution in [0, 0.1) is 11.8 Å². The van der Waals surface area contributed by atoms with Crippen molar-refractivity contribution in [2.75, 3.05) is 6.61 Å². The summed E-state index contributed by atoms with van der Waals surface area (Å²) < 4.78 is 155. The molecular formula is C27H36N2O6. The molecule has 1 amide bonds. The van der Waals surface area contributed by atoms with Gasteiger partial charge in [-0.05, 0) is 46.8 Å². The van der Waals surface area contributed by atoms with Gasteiger partial charge in [0.25, 0.3) is 0 Å². The van der Waals surface area contributed by atoms with Crippen molar-refractivity contribution >= 4 is 18.0 Å². The fraction of sp³-hybridized carbons (Fsp3) is 0.444. The minimum Gasteiger partial charge on any atom is -0.480 e. The molecule has 8 nitrogen and oxygen atoms in total. The third-order valence-electron chi connectivity index (χ3n) is 4.47. The molecule has 1 aliphatic rings. The summed E-state index contributed by atoms with van der Waals surface area (Å²) in [5, 5.41) is 17.8. The summed E-state index contributed by atoms with van der Waals surface area (Å²) in [6.45, 7) is -11.7. The van der Waals surface area contributed by atoms with Crippen LogP contribution in [0.1, 0.15) is 80.6 Å². The summed E-state index contributed by atoms with van der Waals surface area (Å²) >= 11 is 0. The molecule has 4 atom stereocenters. The molecule has 1 aliphatic carbocycles. The number of carboxylic acids is 2. The van der Waals surface area contributed by atoms with Gasteiger partial charge in [-0.2, -0.15) is 0 Å². The van der Waals surface area contributed by atoms with E-state index >= 15 is 0 Å². The van der Waals surface area contributed by atoms with Crippen molar-refractivity contribution in [1.82, 2.24) is 5.31 Å². The number of rotatable bonds is 10. The lowest BCUT2D eigenvalue weighted by atomic mass is 9.98. The van der Waals surface area contributed by atoms with Crippen molar-refractivity contribution in [3.8, 4) is 11.1 Å². The Bertz CT molecular complexity index is 1700. The molecule has 3 unspecified atom stereocenters. The molecule has 0 aromatic heterocycles. The lowest BCUT2D eigenvalue weighted by Gasteiger charge is -2.18. The number of carbonyl (C=O) groups is 3. The number of alkyl carbamates (subject to hydrolysis) is 1. The third kappa shape index (κ3) is 8.10. The van der Waals surface area contributed by atoms with Crippen LogP contribution in [0.3, 0.4) is 0 Å². The maximum atomic E-state index is 12.7. The molecule has 0 heterocycles. The predicted octanol–water partition coefficient (Wildman–Crippen LogP) is 4.47. The SMILES string of the molecule is [2H]C([2H])C([2H])(C([2H])([2H])[2H])C([2H])([2H])C([2H])(C(=O)O)N([2H])C(=O)OCC1c2ccccc2-c2ccccc21.[2H]CC([2H])(C([2H])([2H])[2H])C([2H])([2H])[C@@]([2H])(C(=O)O)N([2H])[2H]. The van der Waals surface area contributed by atoms with E-state index in [4.69, 9.17) is 37.4 Å². The number of hydrogen-bond acceptors (Lipinski definition) is 5. The van der Waals surface area contributed by atoms with E-state index in [2.05, 4.69) is 0 Å². The summed E-state index contributed by atoms with van der Waals surface area (Å²) in [4.78, 5) is 35.7. The number of aliphatic carboxylic acids is 2. The number of carbonyl (C=O) groups excluding carboxylic acids is 1. The van der Waals surface area contributed by atoms with Gasteiger partial charge in [0, 0.05) is 26.5 Å². The Labute approximate surface area is 234 Å². The first-order chi connectivity index (χ1) is 24.7. The van der Waals surface area contributed by atoms with Gasteiger partial charge in [0.2, 0.25) is 0 Å². The quantitative estimate of drug-likeness (QED) is 0.374. The normalized spacial score (nSPS) is 29.0. The Morgan fingerprint density at radius 3 is 2.20 bits per heavy atom. The highest BCUT2D eigenvalue weighted by Gasteiger charge is 2.29. The Kier molecular flexibility index (Phi) is 3.94. The van der Waals surface area contributed by atoms with Crippen LogP contribution in [0.2, 0.25) is 4.24 Å². The van der Waals surface area contributed by atoms with E-state index in [0.717, 1.165) is 22.3 Å². The molecule has 0 spiro atoms. The van der Waals surface area contributed by atoms with Crippen LogP contribution in [0.15, 0.2) is 48.5 Å². The molecule has 0 fully saturated rings. The molecule has 0 aliphatic heterocycles. The highest BCUT2D eigenvalue weighted by Crippen LogP contribution is 2.44. The zero-order valence-electron chi connectivity index (χ0n) is 38.1. The molecule has 0 saturated heterocycles. The lowest BCUT2D eigenvalue weighted by Crippen LogP contribution is -2.42. The Morgan fingerprint density at radius 2 is 1.71 bits per heavy atom. The maximum Gasteiger partial charge on any atom is 0.407 e. The zero-order valence-corrected chi connectivity index (χ0v) is 18.1. The van der Waals surface area contributed by atoms with Crippen molar-refractivity contribution in [1.29, 1.82) is 0 Å². The fourth-order valence-corrected chi connectivity index (χ4v) is 3.17. The second-order valence-electron chi connectivity index (χ2n) is 6.87. The van der Waals surface area contributed by atoms with Gasteiger partial charge in [0.1, 0.15) is 21.5 Å². The van der Waals surface area contributed by atoms with Gasteiger partial charge < -0.3 is 26.0 Å². The lowest BCUT2D eigenvalue weighted by molar-refractivity contribution is -0.140. The Balaban J connectivity index is 0.000000467. The van der Waals surface area contributed by atoms with E-state index < -0.39 is 106 Å². The molecule has 3 rings (SSSR count). The number of ether oxygens (including phenoxy) is 1. The summed E-state index contributed by atoms with van der Waals surface area (Å²) in [6.07, 6.45) is -9.56. The van der Waals surface area contributed by atoms with Gasteiger partial charge in [0.15, 0.2) is 1.41 Å². The van der Waals surface area contributed by atoms with Crippen LogP contribution in [-0.4, -0.2) is 46.9 Å². The van der Waals surface area contributed by atoms with Crippen molar-refractivity contribution in [3.63, 3.8) is 0 Å². The number of benzene rings is 2. The maximum absolute atomic E-state index is 12.7. The molecule has 8 heteroatoms. The Hall–Kier alpha value is -3.39. The molecule has 2 aromatic rings. The third-order valence-corrected chi connectivity index (χ3v) is 4.47. The van der Waals surface area contributed by atoms with E-state index in [-0.39, 0.29) is 0 Å². The first-order valence-corrected chi connectivity index (χ1v) is 9.76. The van der Waals surface area contributed by atoms with E-state index in [0.29, 0.717) is 0 Å². The van der Waals surface area contributed by atoms with Gasteiger partial charge in [-0.3, -0.25) is 4.79 Å². The molecule has 0 saturated carbocycles. The van der Waals surface area contributed by atoms with Crippen LogP contribution >= 0.6 is 0 Å². The average molecular weight is 505 g/mol. The number of nitrogens with two attached hydrogens (primary N) is 1. The standard InChI is InChI=1S/C21H23NO4.C6H13NO2/c1-13(2)11-19(20(23)24)22-21(25)26-12-18-16-9-5-3-7-14(16)15-8-4-6-10-17(15)18;1-4(2)3-5(7)6(8)9/h3-10,13,18-19H,11-12H2,1-2H3,(H,22,25)(H,23,24);4-5H,3,7H2,1-2H3,(H,8,9)/t;5-/m.0/s1/i1D2,2D3,11D2,13D,19D;1D,2D3,3D2,4D,5D/hD3/t;4?,5-. The van der Waals surface area contributed by atoms with Crippen LogP contribution in [0.5, 0.6) is 0 Å². The number of nitrogens with one attached hydrogen (secondary N) is 1. The number of fused-ring (bicyclic) bond motifs is 3. The second-order valence-corrected chi connectivity index (χ2v) is 6.87. The van der Waals surface area contributed by atoms with Crippen LogP contribution < -0.4 is 11.0 Å². The van der Waals surface area contributed by atoms with Gasteiger partial charge in [-0.25, -0.2) is 9.59 Å². The number of amides is 1. The summed E-state index contributed by atoms with van der Waals surface area (Å²) in [6, 6.07) is 6.79. The van der Waals surface area contributed by atoms with Crippen LogP contribution in [0.4, 0.5) is 4.79 Å². The van der Waals surface area contributed by atoms with Crippen LogP contribution in [0.25, 0.3) is 11.1 Å². The van der Waals surface area contributed by atoms with Gasteiger partial charge >= 0.3 is 18.0 Å². The van der Waals surface area contributed by atoms with E-state index in [9.17, 15) is 19.5 Å². The molecule has 2 aromatic carbocycles. The smallest absolute Gasteiger partial charge is 0.407 e. The van der Waals surface area contributed by atoms with Gasteiger partial charge in [-0.15, -0.1) is 0 Å². The van der Waals surface area contributed by atoms with Crippen molar-refractivity contribution in [3.05, 3.63) is 59.7 Å². The molecule has 0 radical (unpaired) electrons. The topological polar surface area (TPSA) is 139 Å². The fourth-order valence-electron chi connectivity index (χ4n) is 3.17. The number of carboxylic acid groups (broad SMARTS) is 2. The minimum atomic E-state index is -4.10. The molecule has 0 bridgehead atoms. The highest BCUT2D eigenvalue weighted by molar-refractivity contribution is 5.81. The first-order valence-electron chi connectivity index (χ1n) is 20.0. The average Bonchev–Trinajstić information content (AvgIpc) is 3.40.